The summed E-state index contributed by atoms with van der Waals surface area (Å²) in [5.41, 5.74) is 1.34. The predicted octanol–water partition coefficient (Wildman–Crippen LogP) is 4.38. The van der Waals surface area contributed by atoms with Crippen molar-refractivity contribution in [2.45, 2.75) is 19.3 Å². The highest BCUT2D eigenvalue weighted by Gasteiger charge is 2.14. The summed E-state index contributed by atoms with van der Waals surface area (Å²) in [5, 5.41) is 1.08. The fourth-order valence-electron chi connectivity index (χ4n) is 2.08. The van der Waals surface area contributed by atoms with Crippen molar-refractivity contribution in [3.8, 4) is 0 Å². The third kappa shape index (κ3) is 2.41. The fourth-order valence-corrected chi connectivity index (χ4v) is 3.23. The van der Waals surface area contributed by atoms with Gasteiger partial charge in [-0.1, -0.05) is 11.6 Å². The normalized spacial score (nSPS) is 11.4. The Bertz CT molecular complexity index is 781. The molecule has 20 heavy (non-hydrogen) atoms. The molecular weight excluding hydrogens is 320 g/mol. The maximum Gasteiger partial charge on any atom is 0.144 e. The van der Waals surface area contributed by atoms with Gasteiger partial charge in [0, 0.05) is 17.1 Å². The van der Waals surface area contributed by atoms with Gasteiger partial charge in [0.2, 0.25) is 0 Å². The fraction of sp³-hybridized carbons (Fsp3) is 0.231. The van der Waals surface area contributed by atoms with Crippen molar-refractivity contribution in [2.24, 2.45) is 0 Å². The van der Waals surface area contributed by atoms with E-state index in [1.54, 1.807) is 17.4 Å². The minimum absolute atomic E-state index is 0.0836. The second kappa shape index (κ2) is 5.31. The Balaban J connectivity index is 2.14. The quantitative estimate of drug-likeness (QED) is 0.667. The van der Waals surface area contributed by atoms with E-state index in [9.17, 15) is 4.39 Å². The number of aryl methyl sites for hydroxylation is 1. The molecule has 1 aromatic carbocycles. The molecule has 0 radical (unpaired) electrons. The van der Waals surface area contributed by atoms with Crippen molar-refractivity contribution in [1.82, 2.24) is 14.5 Å². The molecule has 0 atom stereocenters. The largest absolute Gasteiger partial charge is 0.322 e. The van der Waals surface area contributed by atoms with E-state index in [2.05, 4.69) is 9.97 Å². The molecule has 0 unspecified atom stereocenters. The minimum atomic E-state index is -0.474. The van der Waals surface area contributed by atoms with Gasteiger partial charge in [-0.3, -0.25) is 0 Å². The summed E-state index contributed by atoms with van der Waals surface area (Å²) < 4.78 is 15.4. The zero-order chi connectivity index (χ0) is 14.3. The van der Waals surface area contributed by atoms with Crippen molar-refractivity contribution in [1.29, 1.82) is 0 Å². The van der Waals surface area contributed by atoms with Gasteiger partial charge in [-0.15, -0.1) is 22.9 Å². The topological polar surface area (TPSA) is 30.7 Å². The van der Waals surface area contributed by atoms with Gasteiger partial charge in [0.15, 0.2) is 0 Å². The molecule has 0 aliphatic heterocycles. The van der Waals surface area contributed by atoms with Crippen LogP contribution in [0.4, 0.5) is 4.39 Å². The van der Waals surface area contributed by atoms with Crippen molar-refractivity contribution < 1.29 is 4.39 Å². The molecular formula is C13H10Cl2FN3S. The standard InChI is InChI=1S/C13H10Cl2FN3S/c1-7-17-5-8(20-7)6-19-12-2-9(15)10(16)3-11(12)18-13(19)4-14/h2-3,5H,4,6H2,1H3. The molecule has 3 aromatic rings. The Kier molecular flexibility index (Phi) is 3.67. The van der Waals surface area contributed by atoms with Gasteiger partial charge in [-0.25, -0.2) is 14.4 Å². The van der Waals surface area contributed by atoms with Crippen molar-refractivity contribution in [2.75, 3.05) is 0 Å². The molecule has 0 bridgehead atoms. The lowest BCUT2D eigenvalue weighted by molar-refractivity contribution is 0.629. The van der Waals surface area contributed by atoms with Crippen molar-refractivity contribution in [3.05, 3.63) is 44.9 Å². The Morgan fingerprint density at radius 3 is 2.85 bits per heavy atom. The van der Waals surface area contributed by atoms with Crippen LogP contribution in [0.15, 0.2) is 18.3 Å². The number of thiazole rings is 1. The molecule has 104 valence electrons. The van der Waals surface area contributed by atoms with E-state index in [0.29, 0.717) is 17.9 Å². The number of benzene rings is 1. The Labute approximate surface area is 129 Å². The first-order chi connectivity index (χ1) is 9.58. The Morgan fingerprint density at radius 2 is 2.20 bits per heavy atom. The summed E-state index contributed by atoms with van der Waals surface area (Å²) in [7, 11) is 0. The number of fused-ring (bicyclic) bond motifs is 1. The molecule has 2 aromatic heterocycles. The van der Waals surface area contributed by atoms with E-state index in [0.717, 1.165) is 15.4 Å². The Hall–Kier alpha value is -1.17. The van der Waals surface area contributed by atoms with Crippen LogP contribution in [0.3, 0.4) is 0 Å². The van der Waals surface area contributed by atoms with Crippen LogP contribution in [0.1, 0.15) is 15.7 Å². The third-order valence-corrected chi connectivity index (χ3v) is 4.40. The number of halogens is 3. The van der Waals surface area contributed by atoms with E-state index >= 15 is 0 Å². The first kappa shape index (κ1) is 13.8. The number of imidazole rings is 1. The van der Waals surface area contributed by atoms with Gasteiger partial charge < -0.3 is 4.57 Å². The number of hydrogen-bond acceptors (Lipinski definition) is 3. The zero-order valence-electron chi connectivity index (χ0n) is 10.5. The molecule has 0 saturated heterocycles. The van der Waals surface area contributed by atoms with Crippen LogP contribution in [0.2, 0.25) is 5.02 Å². The highest BCUT2D eigenvalue weighted by atomic mass is 35.5. The van der Waals surface area contributed by atoms with Crippen LogP contribution in [0.25, 0.3) is 11.0 Å². The first-order valence-corrected chi connectivity index (χ1v) is 7.63. The molecule has 7 heteroatoms. The highest BCUT2D eigenvalue weighted by molar-refractivity contribution is 7.11. The number of alkyl halides is 1. The molecule has 0 saturated carbocycles. The molecule has 3 rings (SSSR count). The average molecular weight is 330 g/mol. The van der Waals surface area contributed by atoms with Gasteiger partial charge in [-0.2, -0.15) is 0 Å². The first-order valence-electron chi connectivity index (χ1n) is 5.90. The summed E-state index contributed by atoms with van der Waals surface area (Å²) in [6.45, 7) is 2.56. The summed E-state index contributed by atoms with van der Waals surface area (Å²) in [6.07, 6.45) is 1.83. The Morgan fingerprint density at radius 1 is 1.40 bits per heavy atom. The van der Waals surface area contributed by atoms with Gasteiger partial charge in [0.1, 0.15) is 11.6 Å². The van der Waals surface area contributed by atoms with Crippen LogP contribution in [-0.2, 0) is 12.4 Å². The predicted molar refractivity (Wildman–Crippen MR) is 80.2 cm³/mol. The smallest absolute Gasteiger partial charge is 0.144 e. The monoisotopic (exact) mass is 329 g/mol. The van der Waals surface area contributed by atoms with E-state index in [1.807, 2.05) is 17.7 Å². The maximum atomic E-state index is 13.5. The van der Waals surface area contributed by atoms with Gasteiger partial charge in [-0.05, 0) is 13.0 Å². The van der Waals surface area contributed by atoms with E-state index < -0.39 is 5.82 Å². The molecule has 0 aliphatic carbocycles. The average Bonchev–Trinajstić information content (AvgIpc) is 2.96. The molecule has 0 amide bonds. The van der Waals surface area contributed by atoms with Crippen LogP contribution in [0, 0.1) is 12.7 Å². The molecule has 0 spiro atoms. The molecule has 2 heterocycles. The summed E-state index contributed by atoms with van der Waals surface area (Å²) >= 11 is 13.4. The lowest BCUT2D eigenvalue weighted by Gasteiger charge is -2.06. The van der Waals surface area contributed by atoms with Crippen LogP contribution >= 0.6 is 34.5 Å². The summed E-state index contributed by atoms with van der Waals surface area (Å²) in [5.74, 6) is 0.471. The van der Waals surface area contributed by atoms with Gasteiger partial charge in [0.05, 0.1) is 33.5 Å². The van der Waals surface area contributed by atoms with Gasteiger partial charge in [0.25, 0.3) is 0 Å². The number of nitrogens with zero attached hydrogens (tertiary/aromatic N) is 3. The number of hydrogen-bond donors (Lipinski definition) is 0. The zero-order valence-corrected chi connectivity index (χ0v) is 12.9. The molecule has 0 fully saturated rings. The van der Waals surface area contributed by atoms with Crippen LogP contribution < -0.4 is 0 Å². The third-order valence-electron chi connectivity index (χ3n) is 2.97. The van der Waals surface area contributed by atoms with Crippen molar-refractivity contribution >= 4 is 45.6 Å². The van der Waals surface area contributed by atoms with Gasteiger partial charge >= 0.3 is 0 Å². The lowest BCUT2D eigenvalue weighted by Crippen LogP contribution is -2.02. The molecule has 0 aliphatic rings. The van der Waals surface area contributed by atoms with E-state index in [4.69, 9.17) is 23.2 Å². The number of aromatic nitrogens is 3. The lowest BCUT2D eigenvalue weighted by atomic mass is 10.3. The van der Waals surface area contributed by atoms with Crippen LogP contribution in [-0.4, -0.2) is 14.5 Å². The molecule has 3 nitrogen and oxygen atoms in total. The minimum Gasteiger partial charge on any atom is -0.322 e. The highest BCUT2D eigenvalue weighted by Crippen LogP contribution is 2.26. The maximum absolute atomic E-state index is 13.5. The number of rotatable bonds is 3. The SMILES string of the molecule is Cc1ncc(Cn2c(CCl)nc3cc(F)c(Cl)cc32)s1. The molecule has 0 N–H and O–H groups in total. The second-order valence-corrected chi connectivity index (χ2v) is 6.34. The van der Waals surface area contributed by atoms with Crippen molar-refractivity contribution in [3.63, 3.8) is 0 Å². The van der Waals surface area contributed by atoms with E-state index in [-0.39, 0.29) is 10.9 Å². The summed E-state index contributed by atoms with van der Waals surface area (Å²) in [6, 6.07) is 2.92. The second-order valence-electron chi connectivity index (χ2n) is 4.35. The van der Waals surface area contributed by atoms with E-state index in [1.165, 1.54) is 6.07 Å². The summed E-state index contributed by atoms with van der Waals surface area (Å²) in [4.78, 5) is 9.67. The van der Waals surface area contributed by atoms with Crippen LogP contribution in [0.5, 0.6) is 0 Å².